The second-order valence-electron chi connectivity index (χ2n) is 8.88. The average molecular weight is 473 g/mol. The molecule has 1 rings (SSSR count). The molecule has 0 fully saturated rings. The summed E-state index contributed by atoms with van der Waals surface area (Å²) in [7, 11) is -3.54. The van der Waals surface area contributed by atoms with Gasteiger partial charge < -0.3 is 4.74 Å². The van der Waals surface area contributed by atoms with Gasteiger partial charge in [0, 0.05) is 6.92 Å². The van der Waals surface area contributed by atoms with Crippen LogP contribution in [0.15, 0.2) is 81.8 Å². The minimum atomic E-state index is -3.54. The Hall–Kier alpha value is -2.40. The Morgan fingerprint density at radius 3 is 2.06 bits per heavy atom. The van der Waals surface area contributed by atoms with E-state index in [1.165, 1.54) is 18.1 Å². The molecule has 5 heteroatoms. The predicted octanol–water partition coefficient (Wildman–Crippen LogP) is 7.15. The van der Waals surface area contributed by atoms with Gasteiger partial charge in [-0.2, -0.15) is 0 Å². The van der Waals surface area contributed by atoms with Crippen molar-refractivity contribution in [1.82, 2.24) is 0 Å². The molecule has 0 N–H and O–H groups in total. The molecule has 0 aliphatic heterocycles. The zero-order valence-corrected chi connectivity index (χ0v) is 21.9. The molecular weight excluding hydrogens is 432 g/mol. The zero-order chi connectivity index (χ0) is 24.9. The Kier molecular flexibility index (Phi) is 12.7. The number of ether oxygens (including phenoxy) is 1. The molecule has 0 bridgehead atoms. The maximum Gasteiger partial charge on any atom is 0.302 e. The first-order valence-corrected chi connectivity index (χ1v) is 13.1. The molecule has 182 valence electrons. The van der Waals surface area contributed by atoms with E-state index in [1.807, 2.05) is 26.0 Å². The number of sulfone groups is 1. The first-order valence-electron chi connectivity index (χ1n) is 11.6. The quantitative estimate of drug-likeness (QED) is 0.226. The maximum absolute atomic E-state index is 13.4. The van der Waals surface area contributed by atoms with Crippen molar-refractivity contribution < 1.29 is 17.9 Å². The molecule has 4 nitrogen and oxygen atoms in total. The number of carbonyl (C=O) groups excluding carboxylic acids is 1. The van der Waals surface area contributed by atoms with Gasteiger partial charge in [-0.1, -0.05) is 58.7 Å². The summed E-state index contributed by atoms with van der Waals surface area (Å²) in [5.74, 6) is -0.354. The molecule has 0 heterocycles. The minimum Gasteiger partial charge on any atom is -0.462 e. The van der Waals surface area contributed by atoms with Crippen LogP contribution < -0.4 is 0 Å². The lowest BCUT2D eigenvalue weighted by Crippen LogP contribution is -2.20. The van der Waals surface area contributed by atoms with E-state index in [0.29, 0.717) is 11.3 Å². The van der Waals surface area contributed by atoms with Crippen LogP contribution in [0, 0.1) is 0 Å². The fourth-order valence-electron chi connectivity index (χ4n) is 3.38. The van der Waals surface area contributed by atoms with E-state index in [2.05, 4.69) is 32.9 Å². The van der Waals surface area contributed by atoms with Gasteiger partial charge >= 0.3 is 5.97 Å². The lowest BCUT2D eigenvalue weighted by Gasteiger charge is -2.16. The molecule has 0 spiro atoms. The molecular formula is C28H40O4S. The van der Waals surface area contributed by atoms with Crippen LogP contribution in [-0.2, 0) is 19.4 Å². The van der Waals surface area contributed by atoms with E-state index >= 15 is 0 Å². The Balaban J connectivity index is 2.97. The fourth-order valence-corrected chi connectivity index (χ4v) is 5.16. The van der Waals surface area contributed by atoms with Crippen LogP contribution in [-0.4, -0.2) is 26.2 Å². The highest BCUT2D eigenvalue weighted by Gasteiger charge is 2.26. The molecule has 1 unspecified atom stereocenters. The second-order valence-corrected chi connectivity index (χ2v) is 11.0. The molecule has 0 radical (unpaired) electrons. The van der Waals surface area contributed by atoms with Crippen molar-refractivity contribution in [3.8, 4) is 0 Å². The van der Waals surface area contributed by atoms with Gasteiger partial charge in [-0.15, -0.1) is 0 Å². The van der Waals surface area contributed by atoms with Crippen molar-refractivity contribution in [2.24, 2.45) is 0 Å². The number of hydrogen-bond acceptors (Lipinski definition) is 4. The van der Waals surface area contributed by atoms with E-state index in [1.54, 1.807) is 30.3 Å². The molecule has 1 aromatic rings. The summed E-state index contributed by atoms with van der Waals surface area (Å²) < 4.78 is 31.7. The van der Waals surface area contributed by atoms with Crippen molar-refractivity contribution in [2.75, 3.05) is 6.61 Å². The largest absolute Gasteiger partial charge is 0.462 e. The summed E-state index contributed by atoms with van der Waals surface area (Å²) in [6.07, 6.45) is 12.3. The highest BCUT2D eigenvalue weighted by atomic mass is 32.2. The molecule has 0 saturated carbocycles. The summed E-state index contributed by atoms with van der Waals surface area (Å²) >= 11 is 0. The number of esters is 1. The highest BCUT2D eigenvalue weighted by molar-refractivity contribution is 7.92. The van der Waals surface area contributed by atoms with E-state index in [9.17, 15) is 13.2 Å². The standard InChI is InChI=1S/C28H40O4S/c1-22(2)12-10-13-23(3)14-11-15-24(4)20-28(21-25(5)18-19-32-26(6)29)33(30,31)27-16-8-7-9-17-27/h7-9,12,14,16-18,20,28H,10-11,13,15,19,21H2,1-6H3. The lowest BCUT2D eigenvalue weighted by molar-refractivity contribution is -0.139. The summed E-state index contributed by atoms with van der Waals surface area (Å²) in [5, 5.41) is -0.670. The molecule has 0 aliphatic carbocycles. The Bertz CT molecular complexity index is 976. The van der Waals surface area contributed by atoms with Crippen LogP contribution in [0.25, 0.3) is 0 Å². The Labute approximate surface area is 201 Å². The normalized spacial score (nSPS) is 14.1. The third kappa shape index (κ3) is 11.9. The number of carbonyl (C=O) groups is 1. The van der Waals surface area contributed by atoms with Gasteiger partial charge in [-0.05, 0) is 84.9 Å². The minimum absolute atomic E-state index is 0.152. The van der Waals surface area contributed by atoms with Gasteiger partial charge in [0.25, 0.3) is 0 Å². The van der Waals surface area contributed by atoms with E-state index in [4.69, 9.17) is 4.74 Å². The Morgan fingerprint density at radius 1 is 0.848 bits per heavy atom. The number of rotatable bonds is 13. The Morgan fingerprint density at radius 2 is 1.45 bits per heavy atom. The van der Waals surface area contributed by atoms with Gasteiger partial charge in [-0.3, -0.25) is 4.79 Å². The molecule has 1 aromatic carbocycles. The average Bonchev–Trinajstić information content (AvgIpc) is 2.73. The van der Waals surface area contributed by atoms with Gasteiger partial charge in [0.15, 0.2) is 9.84 Å². The number of benzene rings is 1. The van der Waals surface area contributed by atoms with E-state index in [0.717, 1.165) is 36.8 Å². The van der Waals surface area contributed by atoms with Crippen LogP contribution >= 0.6 is 0 Å². The topological polar surface area (TPSA) is 60.4 Å². The van der Waals surface area contributed by atoms with Crippen LogP contribution in [0.1, 0.15) is 73.6 Å². The van der Waals surface area contributed by atoms with Crippen LogP contribution in [0.4, 0.5) is 0 Å². The molecule has 0 amide bonds. The van der Waals surface area contributed by atoms with Crippen LogP contribution in [0.2, 0.25) is 0 Å². The van der Waals surface area contributed by atoms with Crippen LogP contribution in [0.3, 0.4) is 0 Å². The van der Waals surface area contributed by atoms with Crippen LogP contribution in [0.5, 0.6) is 0 Å². The first kappa shape index (κ1) is 28.6. The summed E-state index contributed by atoms with van der Waals surface area (Å²) in [4.78, 5) is 11.3. The monoisotopic (exact) mass is 472 g/mol. The molecule has 33 heavy (non-hydrogen) atoms. The maximum atomic E-state index is 13.4. The van der Waals surface area contributed by atoms with E-state index < -0.39 is 15.1 Å². The SMILES string of the molecule is CC(=O)OCC=C(C)CC(C=C(C)CCC=C(C)CCC=C(C)C)S(=O)(=O)c1ccccc1. The van der Waals surface area contributed by atoms with E-state index in [-0.39, 0.29) is 12.6 Å². The van der Waals surface area contributed by atoms with Crippen molar-refractivity contribution in [1.29, 1.82) is 0 Å². The number of allylic oxidation sites excluding steroid dienone is 6. The number of hydrogen-bond donors (Lipinski definition) is 0. The molecule has 0 aliphatic rings. The van der Waals surface area contributed by atoms with Crippen molar-refractivity contribution in [2.45, 2.75) is 83.8 Å². The smallest absolute Gasteiger partial charge is 0.302 e. The summed E-state index contributed by atoms with van der Waals surface area (Å²) in [5.41, 5.74) is 4.63. The zero-order valence-electron chi connectivity index (χ0n) is 21.1. The predicted molar refractivity (Wildman–Crippen MR) is 138 cm³/mol. The second kappa shape index (κ2) is 14.7. The first-order chi connectivity index (χ1) is 15.5. The molecule has 0 saturated heterocycles. The van der Waals surface area contributed by atoms with Crippen molar-refractivity contribution in [3.63, 3.8) is 0 Å². The third-order valence-electron chi connectivity index (χ3n) is 5.31. The van der Waals surface area contributed by atoms with Gasteiger partial charge in [-0.25, -0.2) is 8.42 Å². The van der Waals surface area contributed by atoms with Gasteiger partial charge in [0.1, 0.15) is 6.61 Å². The van der Waals surface area contributed by atoms with Gasteiger partial charge in [0.2, 0.25) is 0 Å². The third-order valence-corrected chi connectivity index (χ3v) is 7.33. The van der Waals surface area contributed by atoms with Crippen molar-refractivity contribution in [3.05, 3.63) is 76.9 Å². The fraction of sp³-hybridized carbons (Fsp3) is 0.464. The molecule has 1 atom stereocenters. The summed E-state index contributed by atoms with van der Waals surface area (Å²) in [6.45, 7) is 11.8. The van der Waals surface area contributed by atoms with Gasteiger partial charge in [0.05, 0.1) is 10.1 Å². The highest BCUT2D eigenvalue weighted by Crippen LogP contribution is 2.24. The lowest BCUT2D eigenvalue weighted by atomic mass is 10.0. The molecule has 0 aromatic heterocycles. The van der Waals surface area contributed by atoms with Crippen molar-refractivity contribution >= 4 is 15.8 Å². The summed E-state index contributed by atoms with van der Waals surface area (Å²) in [6, 6.07) is 8.58.